The quantitative estimate of drug-likeness (QED) is 0.745. The van der Waals surface area contributed by atoms with Gasteiger partial charge in [-0.3, -0.25) is 0 Å². The van der Waals surface area contributed by atoms with Crippen molar-refractivity contribution in [3.05, 3.63) is 53.4 Å². The summed E-state index contributed by atoms with van der Waals surface area (Å²) < 4.78 is 2.08. The van der Waals surface area contributed by atoms with E-state index in [-0.39, 0.29) is 0 Å². The van der Waals surface area contributed by atoms with Gasteiger partial charge in [0.1, 0.15) is 16.8 Å². The van der Waals surface area contributed by atoms with Gasteiger partial charge >= 0.3 is 0 Å². The molecule has 96 valence electrons. The average molecular weight is 273 g/mol. The van der Waals surface area contributed by atoms with Gasteiger partial charge in [0.05, 0.1) is 17.6 Å². The highest BCUT2D eigenvalue weighted by Crippen LogP contribution is 2.15. The van der Waals surface area contributed by atoms with Crippen LogP contribution in [-0.4, -0.2) is 14.5 Å². The van der Waals surface area contributed by atoms with Crippen molar-refractivity contribution in [3.63, 3.8) is 0 Å². The van der Waals surface area contributed by atoms with Crippen molar-refractivity contribution >= 4 is 28.5 Å². The summed E-state index contributed by atoms with van der Waals surface area (Å²) >= 11 is 5.85. The van der Waals surface area contributed by atoms with Crippen molar-refractivity contribution in [3.8, 4) is 0 Å². The number of nitrogens with one attached hydrogen (secondary N) is 1. The van der Waals surface area contributed by atoms with Crippen molar-refractivity contribution < 1.29 is 0 Å². The lowest BCUT2D eigenvalue weighted by atomic mass is 10.3. The van der Waals surface area contributed by atoms with E-state index in [4.69, 9.17) is 11.6 Å². The molecule has 0 saturated carbocycles. The number of hydrogen-bond acceptors (Lipinski definition) is 3. The van der Waals surface area contributed by atoms with E-state index in [0.717, 1.165) is 22.7 Å². The van der Waals surface area contributed by atoms with Gasteiger partial charge in [-0.1, -0.05) is 29.8 Å². The predicted molar refractivity (Wildman–Crippen MR) is 77.3 cm³/mol. The van der Waals surface area contributed by atoms with Gasteiger partial charge in [-0.15, -0.1) is 0 Å². The first-order chi connectivity index (χ1) is 9.24. The molecule has 0 amide bonds. The third-order valence-electron chi connectivity index (χ3n) is 3.02. The van der Waals surface area contributed by atoms with E-state index in [1.54, 1.807) is 6.07 Å². The zero-order chi connectivity index (χ0) is 13.2. The van der Waals surface area contributed by atoms with E-state index in [0.29, 0.717) is 11.7 Å². The lowest BCUT2D eigenvalue weighted by Crippen LogP contribution is -2.06. The molecule has 0 spiro atoms. The van der Waals surface area contributed by atoms with Crippen molar-refractivity contribution in [1.82, 2.24) is 14.5 Å². The molecule has 0 saturated heterocycles. The number of benzene rings is 1. The molecular weight excluding hydrogens is 260 g/mol. The Morgan fingerprint density at radius 3 is 2.74 bits per heavy atom. The topological polar surface area (TPSA) is 42.7 Å². The minimum Gasteiger partial charge on any atom is -0.363 e. The molecule has 19 heavy (non-hydrogen) atoms. The Labute approximate surface area is 116 Å². The molecule has 0 unspecified atom stereocenters. The number of hydrogen-bond donors (Lipinski definition) is 1. The number of pyridine rings is 1. The Bertz CT molecular complexity index is 720. The fourth-order valence-electron chi connectivity index (χ4n) is 2.03. The Morgan fingerprint density at radius 1 is 1.11 bits per heavy atom. The number of para-hydroxylation sites is 2. The van der Waals surface area contributed by atoms with Crippen molar-refractivity contribution in [2.45, 2.75) is 6.54 Å². The second kappa shape index (κ2) is 4.90. The Morgan fingerprint density at radius 2 is 1.95 bits per heavy atom. The SMILES string of the molecule is Cn1c(CNc2cccc(Cl)n2)nc2ccccc21. The fraction of sp³-hybridized carbons (Fsp3) is 0.143. The standard InChI is InChI=1S/C14H13ClN4/c1-19-11-6-3-2-5-10(11)17-14(19)9-16-13-8-4-7-12(15)18-13/h2-8H,9H2,1H3,(H,16,18). The summed E-state index contributed by atoms with van der Waals surface area (Å²) in [5.41, 5.74) is 2.12. The Kier molecular flexibility index (Phi) is 3.09. The van der Waals surface area contributed by atoms with E-state index in [1.165, 1.54) is 0 Å². The third-order valence-corrected chi connectivity index (χ3v) is 3.23. The van der Waals surface area contributed by atoms with Crippen LogP contribution in [0.3, 0.4) is 0 Å². The Hall–Kier alpha value is -2.07. The maximum atomic E-state index is 5.85. The molecular formula is C14H13ClN4. The van der Waals surface area contributed by atoms with E-state index in [9.17, 15) is 0 Å². The van der Waals surface area contributed by atoms with Crippen LogP contribution in [-0.2, 0) is 13.6 Å². The maximum Gasteiger partial charge on any atom is 0.131 e. The molecule has 1 N–H and O–H groups in total. The normalized spacial score (nSPS) is 10.8. The maximum absolute atomic E-state index is 5.85. The zero-order valence-corrected chi connectivity index (χ0v) is 11.2. The summed E-state index contributed by atoms with van der Waals surface area (Å²) in [6.45, 7) is 0.610. The molecule has 0 aliphatic rings. The summed E-state index contributed by atoms with van der Waals surface area (Å²) in [5, 5.41) is 3.71. The highest BCUT2D eigenvalue weighted by Gasteiger charge is 2.06. The lowest BCUT2D eigenvalue weighted by Gasteiger charge is -2.05. The smallest absolute Gasteiger partial charge is 0.131 e. The number of aryl methyl sites for hydroxylation is 1. The highest BCUT2D eigenvalue weighted by atomic mass is 35.5. The summed E-state index contributed by atoms with van der Waals surface area (Å²) in [4.78, 5) is 8.78. The van der Waals surface area contributed by atoms with Gasteiger partial charge in [0.25, 0.3) is 0 Å². The first-order valence-corrected chi connectivity index (χ1v) is 6.38. The van der Waals surface area contributed by atoms with Gasteiger partial charge in [-0.2, -0.15) is 0 Å². The molecule has 2 aromatic heterocycles. The number of aromatic nitrogens is 3. The summed E-state index contributed by atoms with van der Waals surface area (Å²) in [6.07, 6.45) is 0. The van der Waals surface area contributed by atoms with Crippen molar-refractivity contribution in [1.29, 1.82) is 0 Å². The molecule has 2 heterocycles. The molecule has 4 nitrogen and oxygen atoms in total. The van der Waals surface area contributed by atoms with Crippen LogP contribution in [0.1, 0.15) is 5.82 Å². The largest absolute Gasteiger partial charge is 0.363 e. The molecule has 5 heteroatoms. The summed E-state index contributed by atoms with van der Waals surface area (Å²) in [5.74, 6) is 1.71. The second-order valence-corrected chi connectivity index (χ2v) is 4.66. The molecule has 3 rings (SSSR count). The molecule has 0 aliphatic heterocycles. The van der Waals surface area contributed by atoms with E-state index < -0.39 is 0 Å². The van der Waals surface area contributed by atoms with Crippen LogP contribution in [0.15, 0.2) is 42.5 Å². The van der Waals surface area contributed by atoms with Crippen LogP contribution in [0, 0.1) is 0 Å². The van der Waals surface area contributed by atoms with Crippen molar-refractivity contribution in [2.24, 2.45) is 7.05 Å². The van der Waals surface area contributed by atoms with Gasteiger partial charge in [-0.05, 0) is 24.3 Å². The van der Waals surface area contributed by atoms with Gasteiger partial charge in [0, 0.05) is 7.05 Å². The minimum atomic E-state index is 0.481. The number of imidazole rings is 1. The number of rotatable bonds is 3. The second-order valence-electron chi connectivity index (χ2n) is 4.27. The predicted octanol–water partition coefficient (Wildman–Crippen LogP) is 3.23. The number of nitrogens with zero attached hydrogens (tertiary/aromatic N) is 3. The van der Waals surface area contributed by atoms with Crippen LogP contribution in [0.25, 0.3) is 11.0 Å². The fourth-order valence-corrected chi connectivity index (χ4v) is 2.19. The van der Waals surface area contributed by atoms with E-state index >= 15 is 0 Å². The van der Waals surface area contributed by atoms with Crippen LogP contribution in [0.5, 0.6) is 0 Å². The van der Waals surface area contributed by atoms with Gasteiger partial charge < -0.3 is 9.88 Å². The number of fused-ring (bicyclic) bond motifs is 1. The molecule has 0 aliphatic carbocycles. The van der Waals surface area contributed by atoms with Gasteiger partial charge in [0.2, 0.25) is 0 Å². The molecule has 3 aromatic rings. The highest BCUT2D eigenvalue weighted by molar-refractivity contribution is 6.29. The van der Waals surface area contributed by atoms with Gasteiger partial charge in [-0.25, -0.2) is 9.97 Å². The Balaban J connectivity index is 1.84. The van der Waals surface area contributed by atoms with E-state index in [1.807, 2.05) is 37.4 Å². The van der Waals surface area contributed by atoms with Crippen molar-refractivity contribution in [2.75, 3.05) is 5.32 Å². The molecule has 0 radical (unpaired) electrons. The van der Waals surface area contributed by atoms with E-state index in [2.05, 4.69) is 25.9 Å². The first-order valence-electron chi connectivity index (χ1n) is 6.01. The average Bonchev–Trinajstić information content (AvgIpc) is 2.74. The summed E-state index contributed by atoms with van der Waals surface area (Å²) in [6, 6.07) is 13.6. The minimum absolute atomic E-state index is 0.481. The summed E-state index contributed by atoms with van der Waals surface area (Å²) in [7, 11) is 2.01. The molecule has 0 atom stereocenters. The van der Waals surface area contributed by atoms with Gasteiger partial charge in [0.15, 0.2) is 0 Å². The molecule has 0 fully saturated rings. The number of anilines is 1. The monoisotopic (exact) mass is 272 g/mol. The lowest BCUT2D eigenvalue weighted by molar-refractivity contribution is 0.832. The third kappa shape index (κ3) is 2.39. The van der Waals surface area contributed by atoms with Crippen LogP contribution in [0.4, 0.5) is 5.82 Å². The first kappa shape index (κ1) is 12.0. The van der Waals surface area contributed by atoms with Crippen LogP contribution in [0.2, 0.25) is 5.15 Å². The molecule has 0 bridgehead atoms. The van der Waals surface area contributed by atoms with Crippen LogP contribution >= 0.6 is 11.6 Å². The zero-order valence-electron chi connectivity index (χ0n) is 10.5. The van der Waals surface area contributed by atoms with Crippen LogP contribution < -0.4 is 5.32 Å². The number of halogens is 1. The molecule has 1 aromatic carbocycles.